The minimum atomic E-state index is 0.274. The van der Waals surface area contributed by atoms with E-state index in [4.69, 9.17) is 5.11 Å². The highest BCUT2D eigenvalue weighted by Crippen LogP contribution is 2.16. The number of aliphatic hydroxyl groups excluding tert-OH is 1. The third-order valence-corrected chi connectivity index (χ3v) is 4.22. The molecule has 2 atom stereocenters. The van der Waals surface area contributed by atoms with Crippen LogP contribution in [0, 0.1) is 5.92 Å². The molecule has 0 aliphatic carbocycles. The molecule has 0 radical (unpaired) electrons. The summed E-state index contributed by atoms with van der Waals surface area (Å²) in [5, 5.41) is 12.9. The average molecular weight is 276 g/mol. The summed E-state index contributed by atoms with van der Waals surface area (Å²) in [7, 11) is 0. The van der Waals surface area contributed by atoms with E-state index in [2.05, 4.69) is 54.4 Å². The second-order valence-corrected chi connectivity index (χ2v) is 6.24. The minimum Gasteiger partial charge on any atom is -0.396 e. The van der Waals surface area contributed by atoms with E-state index in [1.165, 1.54) is 12.0 Å². The number of hydrogen-bond donors (Lipinski definition) is 2. The molecule has 0 saturated carbocycles. The summed E-state index contributed by atoms with van der Waals surface area (Å²) in [6.45, 7) is 8.05. The van der Waals surface area contributed by atoms with E-state index in [0.717, 1.165) is 26.1 Å². The molecule has 3 nitrogen and oxygen atoms in total. The predicted octanol–water partition coefficient (Wildman–Crippen LogP) is 2.26. The van der Waals surface area contributed by atoms with Gasteiger partial charge < -0.3 is 10.4 Å². The second-order valence-electron chi connectivity index (χ2n) is 6.24. The zero-order valence-corrected chi connectivity index (χ0v) is 12.8. The van der Waals surface area contributed by atoms with Gasteiger partial charge in [-0.2, -0.15) is 0 Å². The summed E-state index contributed by atoms with van der Waals surface area (Å²) in [6.07, 6.45) is 2.06. The largest absolute Gasteiger partial charge is 0.396 e. The lowest BCUT2D eigenvalue weighted by atomic mass is 10.00. The van der Waals surface area contributed by atoms with Crippen LogP contribution in [0.25, 0.3) is 0 Å². The van der Waals surface area contributed by atoms with Crippen LogP contribution in [-0.4, -0.2) is 41.8 Å². The van der Waals surface area contributed by atoms with Crippen molar-refractivity contribution in [1.82, 2.24) is 10.2 Å². The maximum Gasteiger partial charge on any atom is 0.0445 e. The smallest absolute Gasteiger partial charge is 0.0445 e. The third kappa shape index (κ3) is 4.58. The molecule has 1 aliphatic rings. The first-order valence-electron chi connectivity index (χ1n) is 7.82. The van der Waals surface area contributed by atoms with E-state index >= 15 is 0 Å². The van der Waals surface area contributed by atoms with Crippen molar-refractivity contribution in [2.75, 3.05) is 19.7 Å². The van der Waals surface area contributed by atoms with Gasteiger partial charge in [0.1, 0.15) is 0 Å². The van der Waals surface area contributed by atoms with Gasteiger partial charge in [-0.3, -0.25) is 4.90 Å². The lowest BCUT2D eigenvalue weighted by molar-refractivity contribution is 0.232. The molecule has 2 N–H and O–H groups in total. The molecule has 2 rings (SSSR count). The summed E-state index contributed by atoms with van der Waals surface area (Å²) < 4.78 is 0. The fourth-order valence-electron chi connectivity index (χ4n) is 3.00. The van der Waals surface area contributed by atoms with Crippen LogP contribution in [0.4, 0.5) is 0 Å². The molecule has 1 aromatic rings. The van der Waals surface area contributed by atoms with Gasteiger partial charge in [0.05, 0.1) is 0 Å². The molecule has 1 aromatic carbocycles. The molecule has 0 amide bonds. The van der Waals surface area contributed by atoms with Gasteiger partial charge in [0.25, 0.3) is 0 Å². The molecule has 0 bridgehead atoms. The highest BCUT2D eigenvalue weighted by molar-refractivity contribution is 5.14. The van der Waals surface area contributed by atoms with Crippen LogP contribution in [0.15, 0.2) is 30.3 Å². The summed E-state index contributed by atoms with van der Waals surface area (Å²) in [4.78, 5) is 2.52. The van der Waals surface area contributed by atoms with Gasteiger partial charge in [-0.15, -0.1) is 0 Å². The normalized spacial score (nSPS) is 21.5. The van der Waals surface area contributed by atoms with Crippen molar-refractivity contribution in [2.24, 2.45) is 5.92 Å². The highest BCUT2D eigenvalue weighted by atomic mass is 16.3. The van der Waals surface area contributed by atoms with Crippen LogP contribution in [0.2, 0.25) is 0 Å². The Morgan fingerprint density at radius 2 is 2.05 bits per heavy atom. The maximum atomic E-state index is 9.16. The van der Waals surface area contributed by atoms with E-state index < -0.39 is 0 Å². The van der Waals surface area contributed by atoms with Crippen LogP contribution in [-0.2, 0) is 6.54 Å². The minimum absolute atomic E-state index is 0.274. The van der Waals surface area contributed by atoms with Crippen LogP contribution < -0.4 is 5.32 Å². The molecule has 0 aromatic heterocycles. The van der Waals surface area contributed by atoms with Gasteiger partial charge in [-0.1, -0.05) is 44.2 Å². The average Bonchev–Trinajstić information content (AvgIpc) is 2.86. The zero-order valence-electron chi connectivity index (χ0n) is 12.8. The van der Waals surface area contributed by atoms with Crippen molar-refractivity contribution < 1.29 is 5.11 Å². The molecule has 20 heavy (non-hydrogen) atoms. The van der Waals surface area contributed by atoms with Crippen molar-refractivity contribution >= 4 is 0 Å². The van der Waals surface area contributed by atoms with Gasteiger partial charge in [-0.05, 0) is 24.3 Å². The Bertz CT molecular complexity index is 380. The Morgan fingerprint density at radius 1 is 1.30 bits per heavy atom. The lowest BCUT2D eigenvalue weighted by Crippen LogP contribution is -2.43. The number of nitrogens with zero attached hydrogens (tertiary/aromatic N) is 1. The Kier molecular flexibility index (Phi) is 6.02. The molecule has 0 spiro atoms. The topological polar surface area (TPSA) is 35.5 Å². The van der Waals surface area contributed by atoms with Gasteiger partial charge in [0.15, 0.2) is 0 Å². The first kappa shape index (κ1) is 15.5. The number of rotatable bonds is 7. The molecule has 1 aliphatic heterocycles. The number of hydrogen-bond acceptors (Lipinski definition) is 3. The van der Waals surface area contributed by atoms with Crippen molar-refractivity contribution in [2.45, 2.75) is 45.3 Å². The van der Waals surface area contributed by atoms with Crippen LogP contribution in [0.5, 0.6) is 0 Å². The maximum absolute atomic E-state index is 9.16. The third-order valence-electron chi connectivity index (χ3n) is 4.22. The number of likely N-dealkylation sites (tertiary alicyclic amines) is 1. The van der Waals surface area contributed by atoms with E-state index in [1.807, 2.05) is 0 Å². The standard InChI is InChI=1S/C17H28N2O/c1-14(2)17(9-11-20)18-16-8-10-19(13-16)12-15-6-4-3-5-7-15/h3-7,14,16-18,20H,8-13H2,1-2H3. The van der Waals surface area contributed by atoms with Crippen molar-refractivity contribution in [3.05, 3.63) is 35.9 Å². The molecule has 1 fully saturated rings. The summed E-state index contributed by atoms with van der Waals surface area (Å²) in [5.41, 5.74) is 1.39. The number of aliphatic hydroxyl groups is 1. The van der Waals surface area contributed by atoms with Crippen molar-refractivity contribution in [3.63, 3.8) is 0 Å². The van der Waals surface area contributed by atoms with Gasteiger partial charge >= 0.3 is 0 Å². The van der Waals surface area contributed by atoms with Gasteiger partial charge in [0, 0.05) is 38.3 Å². The monoisotopic (exact) mass is 276 g/mol. The molecular weight excluding hydrogens is 248 g/mol. The zero-order chi connectivity index (χ0) is 14.4. The van der Waals surface area contributed by atoms with Crippen LogP contribution >= 0.6 is 0 Å². The van der Waals surface area contributed by atoms with Crippen molar-refractivity contribution in [3.8, 4) is 0 Å². The summed E-state index contributed by atoms with van der Waals surface area (Å²) in [6, 6.07) is 11.7. The fourth-order valence-corrected chi connectivity index (χ4v) is 3.00. The second kappa shape index (κ2) is 7.77. The van der Waals surface area contributed by atoms with E-state index in [-0.39, 0.29) is 6.61 Å². The molecule has 1 heterocycles. The van der Waals surface area contributed by atoms with Crippen LogP contribution in [0.1, 0.15) is 32.3 Å². The summed E-state index contributed by atoms with van der Waals surface area (Å²) >= 11 is 0. The molecule has 2 unspecified atom stereocenters. The summed E-state index contributed by atoms with van der Waals surface area (Å²) in [5.74, 6) is 0.574. The molecule has 112 valence electrons. The molecular formula is C17H28N2O. The van der Waals surface area contributed by atoms with E-state index in [1.54, 1.807) is 0 Å². The molecule has 1 saturated heterocycles. The lowest BCUT2D eigenvalue weighted by Gasteiger charge is -2.26. The SMILES string of the molecule is CC(C)C(CCO)NC1CCN(Cc2ccccc2)C1. The van der Waals surface area contributed by atoms with Crippen molar-refractivity contribution in [1.29, 1.82) is 0 Å². The Balaban J connectivity index is 1.80. The van der Waals surface area contributed by atoms with E-state index in [0.29, 0.717) is 18.0 Å². The Labute approximate surface area is 123 Å². The Hall–Kier alpha value is -0.900. The first-order chi connectivity index (χ1) is 9.69. The number of benzene rings is 1. The fraction of sp³-hybridized carbons (Fsp3) is 0.647. The predicted molar refractivity (Wildman–Crippen MR) is 83.6 cm³/mol. The highest BCUT2D eigenvalue weighted by Gasteiger charge is 2.25. The molecule has 3 heteroatoms. The first-order valence-corrected chi connectivity index (χ1v) is 7.82. The quantitative estimate of drug-likeness (QED) is 0.802. The van der Waals surface area contributed by atoms with Crippen LogP contribution in [0.3, 0.4) is 0 Å². The number of nitrogens with one attached hydrogen (secondary N) is 1. The Morgan fingerprint density at radius 3 is 2.70 bits per heavy atom. The van der Waals surface area contributed by atoms with E-state index in [9.17, 15) is 0 Å². The van der Waals surface area contributed by atoms with Gasteiger partial charge in [0.2, 0.25) is 0 Å². The van der Waals surface area contributed by atoms with Gasteiger partial charge in [-0.25, -0.2) is 0 Å².